The highest BCUT2D eigenvalue weighted by molar-refractivity contribution is 7.16. The molecule has 84 valence electrons. The fourth-order valence-corrected chi connectivity index (χ4v) is 2.47. The van der Waals surface area contributed by atoms with Gasteiger partial charge in [0, 0.05) is 5.69 Å². The van der Waals surface area contributed by atoms with Crippen LogP contribution < -0.4 is 0 Å². The summed E-state index contributed by atoms with van der Waals surface area (Å²) in [4.78, 5) is 14.8. The molecule has 0 atom stereocenters. The molecule has 16 heavy (non-hydrogen) atoms. The molecule has 2 rings (SSSR count). The second kappa shape index (κ2) is 3.88. The number of aromatic nitrogens is 3. The van der Waals surface area contributed by atoms with Crippen LogP contribution >= 0.6 is 22.9 Å². The summed E-state index contributed by atoms with van der Waals surface area (Å²) in [6, 6.07) is 1.88. The van der Waals surface area contributed by atoms with Crippen molar-refractivity contribution in [3.63, 3.8) is 0 Å². The first kappa shape index (κ1) is 11.1. The third kappa shape index (κ3) is 1.81. The molecule has 0 amide bonds. The zero-order valence-electron chi connectivity index (χ0n) is 8.56. The minimum absolute atomic E-state index is 0.0000491. The smallest absolute Gasteiger partial charge is 0.349 e. The lowest BCUT2D eigenvalue weighted by atomic mass is 10.4. The number of halogens is 1. The molecule has 7 heteroatoms. The van der Waals surface area contributed by atoms with Crippen molar-refractivity contribution in [2.75, 3.05) is 0 Å². The minimum atomic E-state index is -1.07. The summed E-state index contributed by atoms with van der Waals surface area (Å²) < 4.78 is 1.58. The molecule has 2 heterocycles. The average molecular weight is 258 g/mol. The minimum Gasteiger partial charge on any atom is -0.477 e. The summed E-state index contributed by atoms with van der Waals surface area (Å²) >= 11 is 6.73. The third-order valence-corrected chi connectivity index (χ3v) is 3.36. The van der Waals surface area contributed by atoms with E-state index in [0.717, 1.165) is 22.7 Å². The number of hydrogen-bond acceptors (Lipinski definition) is 4. The molecule has 0 bridgehead atoms. The first-order valence-electron chi connectivity index (χ1n) is 4.42. The van der Waals surface area contributed by atoms with Crippen LogP contribution in [0.3, 0.4) is 0 Å². The maximum atomic E-state index is 10.8. The van der Waals surface area contributed by atoms with Crippen LogP contribution in [0, 0.1) is 13.8 Å². The Morgan fingerprint density at radius 1 is 1.56 bits per heavy atom. The molecule has 2 aromatic rings. The van der Waals surface area contributed by atoms with E-state index < -0.39 is 5.97 Å². The van der Waals surface area contributed by atoms with Gasteiger partial charge in [0.25, 0.3) is 0 Å². The van der Waals surface area contributed by atoms with Gasteiger partial charge >= 0.3 is 5.97 Å². The molecule has 0 aliphatic heterocycles. The van der Waals surface area contributed by atoms with Gasteiger partial charge in [0.2, 0.25) is 5.13 Å². The van der Waals surface area contributed by atoms with E-state index in [1.807, 2.05) is 19.9 Å². The number of thiazole rings is 1. The SMILES string of the molecule is Cc1cc(C)n(-c2nc(Cl)c(C(=O)O)s2)n1. The second-order valence-electron chi connectivity index (χ2n) is 3.26. The first-order chi connectivity index (χ1) is 7.49. The lowest BCUT2D eigenvalue weighted by Gasteiger charge is -1.96. The normalized spacial score (nSPS) is 10.7. The summed E-state index contributed by atoms with van der Waals surface area (Å²) in [6.45, 7) is 3.73. The van der Waals surface area contributed by atoms with Crippen molar-refractivity contribution < 1.29 is 9.90 Å². The maximum Gasteiger partial charge on any atom is 0.349 e. The molecule has 1 N–H and O–H groups in total. The van der Waals surface area contributed by atoms with Crippen molar-refractivity contribution in [3.8, 4) is 5.13 Å². The van der Waals surface area contributed by atoms with Crippen LogP contribution in [0.25, 0.3) is 5.13 Å². The summed E-state index contributed by atoms with van der Waals surface area (Å²) in [6.07, 6.45) is 0. The lowest BCUT2D eigenvalue weighted by Crippen LogP contribution is -1.97. The van der Waals surface area contributed by atoms with Gasteiger partial charge in [0.05, 0.1) is 5.69 Å². The molecule has 0 saturated carbocycles. The number of aromatic carboxylic acids is 1. The van der Waals surface area contributed by atoms with Crippen molar-refractivity contribution in [1.29, 1.82) is 0 Å². The molecule has 0 unspecified atom stereocenters. The molecule has 0 spiro atoms. The van der Waals surface area contributed by atoms with E-state index in [9.17, 15) is 4.79 Å². The van der Waals surface area contributed by atoms with Gasteiger partial charge in [-0.25, -0.2) is 14.5 Å². The van der Waals surface area contributed by atoms with E-state index in [0.29, 0.717) is 5.13 Å². The summed E-state index contributed by atoms with van der Waals surface area (Å²) in [5.74, 6) is -1.07. The Morgan fingerprint density at radius 3 is 2.69 bits per heavy atom. The molecule has 0 aliphatic rings. The molecule has 0 aliphatic carbocycles. The Bertz CT molecular complexity index is 561. The predicted molar refractivity (Wildman–Crippen MR) is 60.7 cm³/mol. The molecule has 0 saturated heterocycles. The van der Waals surface area contributed by atoms with Gasteiger partial charge in [-0.2, -0.15) is 5.10 Å². The first-order valence-corrected chi connectivity index (χ1v) is 5.61. The number of rotatable bonds is 2. The number of carbonyl (C=O) groups is 1. The Morgan fingerprint density at radius 2 is 2.25 bits per heavy atom. The second-order valence-corrected chi connectivity index (χ2v) is 4.60. The van der Waals surface area contributed by atoms with Crippen LogP contribution in [0.4, 0.5) is 0 Å². The van der Waals surface area contributed by atoms with Crippen LogP contribution in [0.5, 0.6) is 0 Å². The van der Waals surface area contributed by atoms with Crippen LogP contribution in [-0.4, -0.2) is 25.8 Å². The van der Waals surface area contributed by atoms with Crippen LogP contribution in [-0.2, 0) is 0 Å². The number of hydrogen-bond donors (Lipinski definition) is 1. The predicted octanol–water partition coefficient (Wildman–Crippen LogP) is 2.30. The van der Waals surface area contributed by atoms with Gasteiger partial charge in [-0.15, -0.1) is 0 Å². The molecule has 5 nitrogen and oxygen atoms in total. The van der Waals surface area contributed by atoms with E-state index in [2.05, 4.69) is 10.1 Å². The Balaban J connectivity index is 2.53. The molecule has 0 fully saturated rings. The van der Waals surface area contributed by atoms with Gasteiger partial charge in [-0.3, -0.25) is 0 Å². The topological polar surface area (TPSA) is 68.0 Å². The monoisotopic (exact) mass is 257 g/mol. The van der Waals surface area contributed by atoms with E-state index in [1.54, 1.807) is 4.68 Å². The number of carboxylic acid groups (broad SMARTS) is 1. The van der Waals surface area contributed by atoms with Gasteiger partial charge in [-0.1, -0.05) is 22.9 Å². The van der Waals surface area contributed by atoms with Crippen molar-refractivity contribution in [2.45, 2.75) is 13.8 Å². The van der Waals surface area contributed by atoms with E-state index in [4.69, 9.17) is 16.7 Å². The molecule has 0 radical (unpaired) electrons. The number of carboxylic acids is 1. The summed E-state index contributed by atoms with van der Waals surface area (Å²) in [7, 11) is 0. The van der Waals surface area contributed by atoms with Gasteiger partial charge < -0.3 is 5.11 Å². The number of aryl methyl sites for hydroxylation is 2. The Hall–Kier alpha value is -1.40. The van der Waals surface area contributed by atoms with Crippen LogP contribution in [0.15, 0.2) is 6.07 Å². The lowest BCUT2D eigenvalue weighted by molar-refractivity contribution is 0.0702. The highest BCUT2D eigenvalue weighted by atomic mass is 35.5. The zero-order chi connectivity index (χ0) is 11.9. The van der Waals surface area contributed by atoms with Crippen LogP contribution in [0.2, 0.25) is 5.15 Å². The fourth-order valence-electron chi connectivity index (χ4n) is 1.34. The van der Waals surface area contributed by atoms with Crippen LogP contribution in [0.1, 0.15) is 21.1 Å². The quantitative estimate of drug-likeness (QED) is 0.896. The molecular weight excluding hydrogens is 250 g/mol. The Kier molecular flexibility index (Phi) is 2.69. The van der Waals surface area contributed by atoms with Crippen molar-refractivity contribution in [3.05, 3.63) is 27.5 Å². The van der Waals surface area contributed by atoms with Crippen molar-refractivity contribution >= 4 is 28.9 Å². The highest BCUT2D eigenvalue weighted by Crippen LogP contribution is 2.26. The zero-order valence-corrected chi connectivity index (χ0v) is 10.1. The molecule has 2 aromatic heterocycles. The summed E-state index contributed by atoms with van der Waals surface area (Å²) in [5, 5.41) is 13.5. The number of nitrogens with zero attached hydrogens (tertiary/aromatic N) is 3. The average Bonchev–Trinajstić information content (AvgIpc) is 2.69. The highest BCUT2D eigenvalue weighted by Gasteiger charge is 2.18. The van der Waals surface area contributed by atoms with E-state index in [1.165, 1.54) is 0 Å². The fraction of sp³-hybridized carbons (Fsp3) is 0.222. The Labute approximate surface area is 100 Å². The standard InChI is InChI=1S/C9H8ClN3O2S/c1-4-3-5(2)13(12-4)9-11-7(10)6(16-9)8(14)15/h3H,1-2H3,(H,14,15). The van der Waals surface area contributed by atoms with Gasteiger partial charge in [-0.05, 0) is 19.9 Å². The van der Waals surface area contributed by atoms with Gasteiger partial charge in [0.1, 0.15) is 0 Å². The largest absolute Gasteiger partial charge is 0.477 e. The molecular formula is C9H8ClN3O2S. The van der Waals surface area contributed by atoms with Gasteiger partial charge in [0.15, 0.2) is 10.0 Å². The van der Waals surface area contributed by atoms with E-state index >= 15 is 0 Å². The maximum absolute atomic E-state index is 10.8. The van der Waals surface area contributed by atoms with E-state index in [-0.39, 0.29) is 10.0 Å². The van der Waals surface area contributed by atoms with Crippen molar-refractivity contribution in [2.24, 2.45) is 0 Å². The molecule has 0 aromatic carbocycles. The van der Waals surface area contributed by atoms with Crippen molar-refractivity contribution in [1.82, 2.24) is 14.8 Å². The summed E-state index contributed by atoms with van der Waals surface area (Å²) in [5.41, 5.74) is 1.74. The third-order valence-electron chi connectivity index (χ3n) is 1.96.